The largest absolute Gasteiger partial charge is 0.0654 e. The van der Waals surface area contributed by atoms with Crippen LogP contribution in [0, 0.1) is 12.3 Å². The lowest BCUT2D eigenvalue weighted by Gasteiger charge is -2.08. The quantitative estimate of drug-likeness (QED) is 0.466. The first kappa shape index (κ1) is 12.0. The molecule has 0 nitrogen and oxygen atoms in total. The Morgan fingerprint density at radius 2 is 1.75 bits per heavy atom. The zero-order valence-electron chi connectivity index (χ0n) is 9.10. The molecule has 0 saturated heterocycles. The van der Waals surface area contributed by atoms with Crippen molar-refractivity contribution in [1.82, 2.24) is 0 Å². The molecule has 12 heavy (non-hydrogen) atoms. The summed E-state index contributed by atoms with van der Waals surface area (Å²) in [7, 11) is 0. The number of rotatable bonds is 8. The van der Waals surface area contributed by atoms with Gasteiger partial charge in [0.15, 0.2) is 0 Å². The Morgan fingerprint density at radius 1 is 1.08 bits per heavy atom. The van der Waals surface area contributed by atoms with Gasteiger partial charge in [0, 0.05) is 0 Å². The van der Waals surface area contributed by atoms with Crippen molar-refractivity contribution < 1.29 is 0 Å². The van der Waals surface area contributed by atoms with E-state index in [2.05, 4.69) is 27.2 Å². The van der Waals surface area contributed by atoms with Crippen LogP contribution in [0.3, 0.4) is 0 Å². The van der Waals surface area contributed by atoms with Crippen LogP contribution in [0.2, 0.25) is 0 Å². The van der Waals surface area contributed by atoms with Gasteiger partial charge in [0.05, 0.1) is 0 Å². The Labute approximate surface area is 78.8 Å². The van der Waals surface area contributed by atoms with E-state index in [1.54, 1.807) is 0 Å². The van der Waals surface area contributed by atoms with E-state index in [1.165, 1.54) is 44.9 Å². The fraction of sp³-hybridized carbons (Fsp3) is 0.917. The fourth-order valence-electron chi connectivity index (χ4n) is 1.62. The first-order valence-electron chi connectivity index (χ1n) is 5.59. The molecule has 0 fully saturated rings. The van der Waals surface area contributed by atoms with E-state index in [-0.39, 0.29) is 0 Å². The molecular formula is C12H25. The summed E-state index contributed by atoms with van der Waals surface area (Å²) in [5, 5.41) is 0. The Bertz CT molecular complexity index is 76.1. The predicted molar refractivity (Wildman–Crippen MR) is 57.1 cm³/mol. The molecule has 0 aromatic carbocycles. The molecule has 0 rings (SSSR count). The second-order valence-corrected chi connectivity index (χ2v) is 3.95. The summed E-state index contributed by atoms with van der Waals surface area (Å²) in [6, 6.07) is 0. The molecule has 0 spiro atoms. The van der Waals surface area contributed by atoms with Crippen molar-refractivity contribution in [3.8, 4) is 0 Å². The minimum Gasteiger partial charge on any atom is -0.0654 e. The molecule has 0 heterocycles. The third-order valence-electron chi connectivity index (χ3n) is 2.44. The van der Waals surface area contributed by atoms with Crippen molar-refractivity contribution >= 4 is 0 Å². The van der Waals surface area contributed by atoms with E-state index in [4.69, 9.17) is 0 Å². The van der Waals surface area contributed by atoms with Crippen molar-refractivity contribution in [3.63, 3.8) is 0 Å². The zero-order chi connectivity index (χ0) is 9.23. The number of hydrogen-bond donors (Lipinski definition) is 0. The van der Waals surface area contributed by atoms with E-state index in [1.807, 2.05) is 0 Å². The van der Waals surface area contributed by atoms with Gasteiger partial charge in [0.25, 0.3) is 0 Å². The van der Waals surface area contributed by atoms with Crippen LogP contribution in [0.25, 0.3) is 0 Å². The van der Waals surface area contributed by atoms with Gasteiger partial charge in [-0.15, -0.1) is 0 Å². The smallest absolute Gasteiger partial charge is 0.0414 e. The Kier molecular flexibility index (Phi) is 9.09. The van der Waals surface area contributed by atoms with Crippen molar-refractivity contribution in [1.29, 1.82) is 0 Å². The van der Waals surface area contributed by atoms with E-state index in [0.29, 0.717) is 0 Å². The monoisotopic (exact) mass is 169 g/mol. The summed E-state index contributed by atoms with van der Waals surface area (Å²) in [4.78, 5) is 0. The Balaban J connectivity index is 2.97. The average Bonchev–Trinajstić information content (AvgIpc) is 2.05. The van der Waals surface area contributed by atoms with Crippen LogP contribution in [-0.4, -0.2) is 0 Å². The van der Waals surface area contributed by atoms with Crippen LogP contribution in [0.5, 0.6) is 0 Å². The molecule has 0 aliphatic rings. The minimum atomic E-state index is 0.914. The van der Waals surface area contributed by atoms with Gasteiger partial charge in [-0.05, 0) is 18.8 Å². The molecule has 0 aromatic rings. The van der Waals surface area contributed by atoms with Crippen LogP contribution in [0.1, 0.15) is 65.7 Å². The van der Waals surface area contributed by atoms with Crippen molar-refractivity contribution in [2.24, 2.45) is 5.92 Å². The second-order valence-electron chi connectivity index (χ2n) is 3.95. The second kappa shape index (κ2) is 9.09. The molecule has 0 bridgehead atoms. The molecule has 0 N–H and O–H groups in total. The van der Waals surface area contributed by atoms with Crippen molar-refractivity contribution in [2.75, 3.05) is 0 Å². The lowest BCUT2D eigenvalue weighted by molar-refractivity contribution is 0.480. The maximum absolute atomic E-state index is 2.36. The van der Waals surface area contributed by atoms with Crippen molar-refractivity contribution in [2.45, 2.75) is 65.7 Å². The molecule has 0 saturated carbocycles. The fourth-order valence-corrected chi connectivity index (χ4v) is 1.62. The summed E-state index contributed by atoms with van der Waals surface area (Å²) in [5.41, 5.74) is 0. The van der Waals surface area contributed by atoms with Crippen LogP contribution in [0.15, 0.2) is 0 Å². The third-order valence-corrected chi connectivity index (χ3v) is 2.44. The summed E-state index contributed by atoms with van der Waals surface area (Å²) in [6.07, 6.45) is 12.1. The van der Waals surface area contributed by atoms with Gasteiger partial charge < -0.3 is 0 Å². The Morgan fingerprint density at radius 3 is 2.33 bits per heavy atom. The van der Waals surface area contributed by atoms with Crippen LogP contribution < -0.4 is 0 Å². The lowest BCUT2D eigenvalue weighted by Crippen LogP contribution is -1.93. The van der Waals surface area contributed by atoms with Gasteiger partial charge in [-0.2, -0.15) is 0 Å². The molecule has 1 radical (unpaired) electrons. The van der Waals surface area contributed by atoms with Gasteiger partial charge in [0.2, 0.25) is 0 Å². The highest BCUT2D eigenvalue weighted by Gasteiger charge is 1.99. The topological polar surface area (TPSA) is 0 Å². The molecular weight excluding hydrogens is 144 g/mol. The summed E-state index contributed by atoms with van der Waals surface area (Å²) < 4.78 is 0. The SMILES string of the molecule is C[CH]CC(C)CCCCCCC. The van der Waals surface area contributed by atoms with E-state index < -0.39 is 0 Å². The molecule has 0 heteroatoms. The molecule has 73 valence electrons. The van der Waals surface area contributed by atoms with E-state index in [0.717, 1.165) is 5.92 Å². The first-order valence-corrected chi connectivity index (χ1v) is 5.59. The van der Waals surface area contributed by atoms with Crippen LogP contribution in [0.4, 0.5) is 0 Å². The van der Waals surface area contributed by atoms with E-state index >= 15 is 0 Å². The highest BCUT2D eigenvalue weighted by molar-refractivity contribution is 4.62. The van der Waals surface area contributed by atoms with Crippen LogP contribution >= 0.6 is 0 Å². The van der Waals surface area contributed by atoms with E-state index in [9.17, 15) is 0 Å². The summed E-state index contributed by atoms with van der Waals surface area (Å²) in [5.74, 6) is 0.914. The van der Waals surface area contributed by atoms with Gasteiger partial charge in [0.1, 0.15) is 0 Å². The standard InChI is InChI=1S/C12H25/c1-4-6-7-8-9-11-12(3)10-5-2/h5,12H,4,6-11H2,1-3H3. The van der Waals surface area contributed by atoms with Gasteiger partial charge in [-0.3, -0.25) is 0 Å². The average molecular weight is 169 g/mol. The first-order chi connectivity index (χ1) is 5.81. The molecule has 1 atom stereocenters. The van der Waals surface area contributed by atoms with Gasteiger partial charge >= 0.3 is 0 Å². The predicted octanol–water partition coefficient (Wildman–Crippen LogP) is 4.60. The minimum absolute atomic E-state index is 0.914. The zero-order valence-corrected chi connectivity index (χ0v) is 9.10. The van der Waals surface area contributed by atoms with Crippen molar-refractivity contribution in [3.05, 3.63) is 6.42 Å². The number of unbranched alkanes of at least 4 members (excludes halogenated alkanes) is 4. The number of hydrogen-bond acceptors (Lipinski definition) is 0. The maximum Gasteiger partial charge on any atom is -0.0414 e. The van der Waals surface area contributed by atoms with Gasteiger partial charge in [-0.1, -0.05) is 59.3 Å². The molecule has 0 amide bonds. The Hall–Kier alpha value is 0. The highest BCUT2D eigenvalue weighted by atomic mass is 14.0. The van der Waals surface area contributed by atoms with Crippen LogP contribution in [-0.2, 0) is 0 Å². The maximum atomic E-state index is 2.36. The van der Waals surface area contributed by atoms with Gasteiger partial charge in [-0.25, -0.2) is 0 Å². The normalized spacial score (nSPS) is 13.2. The molecule has 0 aliphatic carbocycles. The molecule has 1 unspecified atom stereocenters. The highest BCUT2D eigenvalue weighted by Crippen LogP contribution is 2.14. The molecule has 0 aromatic heterocycles. The lowest BCUT2D eigenvalue weighted by atomic mass is 9.98. The summed E-state index contributed by atoms with van der Waals surface area (Å²) in [6.45, 7) is 6.79. The molecule has 0 aliphatic heterocycles. The third kappa shape index (κ3) is 8.10. The summed E-state index contributed by atoms with van der Waals surface area (Å²) >= 11 is 0.